The van der Waals surface area contributed by atoms with Crippen molar-refractivity contribution in [3.8, 4) is 0 Å². The summed E-state index contributed by atoms with van der Waals surface area (Å²) in [6.07, 6.45) is -0.786. The van der Waals surface area contributed by atoms with E-state index in [9.17, 15) is 18.8 Å². The second kappa shape index (κ2) is 12.2. The quantitative estimate of drug-likeness (QED) is 0.248. The SMILES string of the molecule is CC(C)(C)OC(=O)NC1=NC(c2ccc(F)cc2)(c2cccc(Br)c2)C(=O)N1Cc1cccc(C(=O)N2Cc3ccccc3C2)c1. The van der Waals surface area contributed by atoms with Gasteiger partial charge in [-0.2, -0.15) is 0 Å². The van der Waals surface area contributed by atoms with Gasteiger partial charge in [0.15, 0.2) is 5.54 Å². The third-order valence-corrected chi connectivity index (χ3v) is 8.34. The summed E-state index contributed by atoms with van der Waals surface area (Å²) in [6.45, 7) is 6.24. The molecule has 2 aliphatic heterocycles. The zero-order valence-electron chi connectivity index (χ0n) is 25.6. The van der Waals surface area contributed by atoms with E-state index in [4.69, 9.17) is 9.73 Å². The Kier molecular flexibility index (Phi) is 8.24. The monoisotopic (exact) mass is 682 g/mol. The van der Waals surface area contributed by atoms with Gasteiger partial charge in [-0.1, -0.05) is 76.6 Å². The van der Waals surface area contributed by atoms with Crippen molar-refractivity contribution in [2.24, 2.45) is 4.99 Å². The molecular weight excluding hydrogens is 651 g/mol. The number of alkyl carbamates (subject to hydrolysis) is 1. The zero-order valence-corrected chi connectivity index (χ0v) is 27.2. The summed E-state index contributed by atoms with van der Waals surface area (Å²) in [5.74, 6) is -1.08. The van der Waals surface area contributed by atoms with Crippen LogP contribution in [0, 0.1) is 5.82 Å². The minimum atomic E-state index is -1.64. The Morgan fingerprint density at radius 3 is 2.24 bits per heavy atom. The van der Waals surface area contributed by atoms with Crippen LogP contribution in [0.4, 0.5) is 9.18 Å². The lowest BCUT2D eigenvalue weighted by atomic mass is 9.83. The number of halogens is 2. The molecule has 0 fully saturated rings. The number of nitrogens with one attached hydrogen (secondary N) is 1. The Bertz CT molecular complexity index is 1850. The van der Waals surface area contributed by atoms with Gasteiger partial charge in [-0.3, -0.25) is 19.8 Å². The van der Waals surface area contributed by atoms with Gasteiger partial charge in [-0.15, -0.1) is 0 Å². The fourth-order valence-corrected chi connectivity index (χ4v) is 6.19. The topological polar surface area (TPSA) is 91.3 Å². The zero-order chi connectivity index (χ0) is 32.6. The highest BCUT2D eigenvalue weighted by atomic mass is 79.9. The molecule has 4 aromatic carbocycles. The number of aliphatic imine (C=N–C) groups is 1. The first-order valence-electron chi connectivity index (χ1n) is 14.8. The third kappa shape index (κ3) is 6.17. The van der Waals surface area contributed by atoms with Crippen molar-refractivity contribution >= 4 is 39.8 Å². The van der Waals surface area contributed by atoms with E-state index in [1.54, 1.807) is 62.1 Å². The first-order valence-corrected chi connectivity index (χ1v) is 15.6. The molecule has 0 spiro atoms. The highest BCUT2D eigenvalue weighted by Crippen LogP contribution is 2.41. The number of nitrogens with zero attached hydrogens (tertiary/aromatic N) is 3. The van der Waals surface area contributed by atoms with Crippen molar-refractivity contribution in [2.75, 3.05) is 0 Å². The highest BCUT2D eigenvalue weighted by molar-refractivity contribution is 9.10. The number of amides is 3. The van der Waals surface area contributed by atoms with E-state index in [2.05, 4.69) is 21.2 Å². The standard InChI is InChI=1S/C36H32BrFN4O4/c1-35(2,3)46-34(45)39-33-40-36(27-14-16-30(38)17-15-27,28-12-7-13-29(37)19-28)32(44)42(33)20-23-8-6-11-24(18-23)31(43)41-21-25-9-4-5-10-26(25)22-41/h4-19H,20-22H2,1-3H3,(H,39,40,45). The Morgan fingerprint density at radius 1 is 0.913 bits per heavy atom. The molecule has 8 nitrogen and oxygen atoms in total. The number of hydrogen-bond acceptors (Lipinski definition) is 5. The van der Waals surface area contributed by atoms with Crippen molar-refractivity contribution in [1.82, 2.24) is 15.1 Å². The number of guanidine groups is 1. The first kappa shape index (κ1) is 31.2. The summed E-state index contributed by atoms with van der Waals surface area (Å²) >= 11 is 3.49. The van der Waals surface area contributed by atoms with Crippen LogP contribution < -0.4 is 5.32 Å². The Hall–Kier alpha value is -4.83. The molecule has 2 heterocycles. The van der Waals surface area contributed by atoms with E-state index in [0.717, 1.165) is 11.1 Å². The largest absolute Gasteiger partial charge is 0.444 e. The second-order valence-electron chi connectivity index (χ2n) is 12.3. The van der Waals surface area contributed by atoms with Crippen molar-refractivity contribution in [1.29, 1.82) is 0 Å². The van der Waals surface area contributed by atoms with Crippen LogP contribution in [0.5, 0.6) is 0 Å². The van der Waals surface area contributed by atoms with Crippen LogP contribution in [-0.2, 0) is 34.7 Å². The molecule has 0 radical (unpaired) electrons. The Balaban J connectivity index is 1.37. The normalized spacial score (nSPS) is 17.5. The number of carbonyl (C=O) groups is 3. The van der Waals surface area contributed by atoms with Gasteiger partial charge in [-0.25, -0.2) is 14.2 Å². The molecule has 0 saturated carbocycles. The number of hydrogen-bond donors (Lipinski definition) is 1. The second-order valence-corrected chi connectivity index (χ2v) is 13.2. The predicted octanol–water partition coefficient (Wildman–Crippen LogP) is 6.91. The van der Waals surface area contributed by atoms with Crippen molar-refractivity contribution < 1.29 is 23.5 Å². The lowest BCUT2D eigenvalue weighted by molar-refractivity contribution is -0.130. The average molecular weight is 684 g/mol. The van der Waals surface area contributed by atoms with Crippen molar-refractivity contribution in [3.05, 3.63) is 141 Å². The molecule has 234 valence electrons. The number of benzene rings is 4. The number of fused-ring (bicyclic) bond motifs is 1. The fourth-order valence-electron chi connectivity index (χ4n) is 5.79. The van der Waals surface area contributed by atoms with Gasteiger partial charge in [0.25, 0.3) is 11.8 Å². The molecule has 4 aromatic rings. The van der Waals surface area contributed by atoms with Gasteiger partial charge in [0.2, 0.25) is 5.96 Å². The number of rotatable bonds is 5. The minimum Gasteiger partial charge on any atom is -0.444 e. The van der Waals surface area contributed by atoms with Crippen LogP contribution in [0.2, 0.25) is 0 Å². The summed E-state index contributed by atoms with van der Waals surface area (Å²) in [7, 11) is 0. The Labute approximate surface area is 275 Å². The summed E-state index contributed by atoms with van der Waals surface area (Å²) in [6, 6.07) is 27.8. The molecular formula is C36H32BrFN4O4. The van der Waals surface area contributed by atoms with Crippen LogP contribution in [0.15, 0.2) is 107 Å². The van der Waals surface area contributed by atoms with E-state index in [0.29, 0.717) is 39.8 Å². The molecule has 0 saturated heterocycles. The molecule has 0 aromatic heterocycles. The van der Waals surface area contributed by atoms with E-state index >= 15 is 0 Å². The van der Waals surface area contributed by atoms with E-state index in [1.165, 1.54) is 29.2 Å². The van der Waals surface area contributed by atoms with Crippen LogP contribution in [0.1, 0.15) is 58.9 Å². The molecule has 2 aliphatic rings. The molecule has 0 bridgehead atoms. The summed E-state index contributed by atoms with van der Waals surface area (Å²) in [5, 5.41) is 2.68. The smallest absolute Gasteiger partial charge is 0.414 e. The molecule has 10 heteroatoms. The molecule has 0 aliphatic carbocycles. The Morgan fingerprint density at radius 2 is 1.59 bits per heavy atom. The maximum absolute atomic E-state index is 14.7. The highest BCUT2D eigenvalue weighted by Gasteiger charge is 2.52. The molecule has 1 N–H and O–H groups in total. The summed E-state index contributed by atoms with van der Waals surface area (Å²) < 4.78 is 20.3. The lowest BCUT2D eigenvalue weighted by Crippen LogP contribution is -2.47. The van der Waals surface area contributed by atoms with Crippen molar-refractivity contribution in [2.45, 2.75) is 51.5 Å². The van der Waals surface area contributed by atoms with Crippen LogP contribution in [-0.4, -0.2) is 39.3 Å². The molecule has 46 heavy (non-hydrogen) atoms. The van der Waals surface area contributed by atoms with E-state index < -0.39 is 29.0 Å². The predicted molar refractivity (Wildman–Crippen MR) is 175 cm³/mol. The minimum absolute atomic E-state index is 0.00818. The van der Waals surface area contributed by atoms with Gasteiger partial charge in [0.05, 0.1) is 6.54 Å². The lowest BCUT2D eigenvalue weighted by Gasteiger charge is -2.28. The third-order valence-electron chi connectivity index (χ3n) is 7.84. The molecule has 6 rings (SSSR count). The van der Waals surface area contributed by atoms with E-state index in [-0.39, 0.29) is 18.4 Å². The molecule has 1 atom stereocenters. The van der Waals surface area contributed by atoms with Gasteiger partial charge >= 0.3 is 6.09 Å². The maximum atomic E-state index is 14.7. The summed E-state index contributed by atoms with van der Waals surface area (Å²) in [4.78, 5) is 49.3. The summed E-state index contributed by atoms with van der Waals surface area (Å²) in [5.41, 5.74) is 1.85. The maximum Gasteiger partial charge on any atom is 0.414 e. The first-order chi connectivity index (χ1) is 21.9. The number of ether oxygens (including phenoxy) is 1. The van der Waals surface area contributed by atoms with Gasteiger partial charge < -0.3 is 9.64 Å². The fraction of sp³-hybridized carbons (Fsp3) is 0.222. The van der Waals surface area contributed by atoms with Crippen molar-refractivity contribution in [3.63, 3.8) is 0 Å². The molecule has 3 amide bonds. The van der Waals surface area contributed by atoms with Crippen LogP contribution >= 0.6 is 15.9 Å². The van der Waals surface area contributed by atoms with Gasteiger partial charge in [-0.05, 0) is 85.0 Å². The van der Waals surface area contributed by atoms with Crippen LogP contribution in [0.3, 0.4) is 0 Å². The van der Waals surface area contributed by atoms with E-state index in [1.807, 2.05) is 36.4 Å². The number of carbonyl (C=O) groups excluding carboxylic acids is 3. The van der Waals surface area contributed by atoms with Crippen LogP contribution in [0.25, 0.3) is 0 Å². The molecule has 1 unspecified atom stereocenters. The van der Waals surface area contributed by atoms with Gasteiger partial charge in [0, 0.05) is 23.1 Å². The average Bonchev–Trinajstić information content (AvgIpc) is 3.56. The van der Waals surface area contributed by atoms with Gasteiger partial charge in [0.1, 0.15) is 11.4 Å².